The van der Waals surface area contributed by atoms with E-state index in [1.165, 1.54) is 28.6 Å². The summed E-state index contributed by atoms with van der Waals surface area (Å²) in [6, 6.07) is 12.4. The van der Waals surface area contributed by atoms with Gasteiger partial charge in [-0.1, -0.05) is 45.0 Å². The van der Waals surface area contributed by atoms with Crippen LogP contribution in [0.3, 0.4) is 0 Å². The molecular weight excluding hydrogens is 348 g/mol. The summed E-state index contributed by atoms with van der Waals surface area (Å²) in [4.78, 5) is 0. The van der Waals surface area contributed by atoms with Gasteiger partial charge in [-0.05, 0) is 35.3 Å². The number of phenols is 2. The Hall–Kier alpha value is -2.93. The Balaban J connectivity index is 1.97. The third-order valence-electron chi connectivity index (χ3n) is 3.99. The van der Waals surface area contributed by atoms with Crippen molar-refractivity contribution in [3.63, 3.8) is 0 Å². The zero-order valence-electron chi connectivity index (χ0n) is 14.8. The number of phenolic OH excluding ortho intramolecular Hbond substituents is 2. The van der Waals surface area contributed by atoms with Crippen molar-refractivity contribution in [2.75, 3.05) is 0 Å². The van der Waals surface area contributed by atoms with E-state index in [0.717, 1.165) is 5.56 Å². The predicted octanol–water partition coefficient (Wildman–Crippen LogP) is 4.20. The van der Waals surface area contributed by atoms with E-state index in [2.05, 4.69) is 48.2 Å². The van der Waals surface area contributed by atoms with Crippen LogP contribution in [0, 0.1) is 4.77 Å². The molecule has 6 nitrogen and oxygen atoms in total. The van der Waals surface area contributed by atoms with Crippen molar-refractivity contribution in [3.05, 3.63) is 58.4 Å². The normalized spacial score (nSPS) is 12.0. The fourth-order valence-corrected chi connectivity index (χ4v) is 2.65. The van der Waals surface area contributed by atoms with E-state index in [1.807, 2.05) is 12.1 Å². The maximum absolute atomic E-state index is 9.87. The average Bonchev–Trinajstić information content (AvgIpc) is 2.94. The molecule has 3 N–H and O–H groups in total. The van der Waals surface area contributed by atoms with Crippen molar-refractivity contribution < 1.29 is 10.2 Å². The molecule has 7 heteroatoms. The van der Waals surface area contributed by atoms with Gasteiger partial charge in [0, 0.05) is 17.2 Å². The number of aromatic amines is 1. The number of nitrogens with zero attached hydrogens (tertiary/aromatic N) is 3. The van der Waals surface area contributed by atoms with Crippen molar-refractivity contribution in [1.29, 1.82) is 0 Å². The van der Waals surface area contributed by atoms with Gasteiger partial charge in [0.05, 0.1) is 6.21 Å². The summed E-state index contributed by atoms with van der Waals surface area (Å²) < 4.78 is 1.84. The molecule has 0 aliphatic rings. The molecule has 0 saturated carbocycles. The minimum absolute atomic E-state index is 0.0146. The van der Waals surface area contributed by atoms with Crippen molar-refractivity contribution in [2.24, 2.45) is 5.10 Å². The third kappa shape index (κ3) is 3.67. The molecule has 26 heavy (non-hydrogen) atoms. The Bertz CT molecular complexity index is 1010. The van der Waals surface area contributed by atoms with E-state index < -0.39 is 0 Å². The number of H-pyrrole nitrogens is 1. The minimum atomic E-state index is -0.0696. The lowest BCUT2D eigenvalue weighted by molar-refractivity contribution is 0.450. The van der Waals surface area contributed by atoms with E-state index in [4.69, 9.17) is 12.2 Å². The van der Waals surface area contributed by atoms with Crippen LogP contribution in [-0.4, -0.2) is 31.3 Å². The zero-order chi connectivity index (χ0) is 18.9. The molecule has 1 heterocycles. The Labute approximate surface area is 156 Å². The lowest BCUT2D eigenvalue weighted by Gasteiger charge is -2.18. The van der Waals surface area contributed by atoms with Gasteiger partial charge in [0.25, 0.3) is 0 Å². The molecule has 0 aliphatic carbocycles. The summed E-state index contributed by atoms with van der Waals surface area (Å²) in [5.41, 5.74) is 2.62. The molecule has 0 radical (unpaired) electrons. The summed E-state index contributed by atoms with van der Waals surface area (Å²) in [6.07, 6.45) is 1.47. The molecule has 0 amide bonds. The molecule has 2 aromatic carbocycles. The maximum atomic E-state index is 9.87. The molecule has 0 saturated heterocycles. The molecule has 3 aromatic rings. The molecule has 0 unspecified atom stereocenters. The Morgan fingerprint density at radius 3 is 2.42 bits per heavy atom. The number of hydrogen-bond donors (Lipinski definition) is 3. The van der Waals surface area contributed by atoms with Gasteiger partial charge in [-0.2, -0.15) is 14.9 Å². The van der Waals surface area contributed by atoms with Gasteiger partial charge in [0.1, 0.15) is 11.5 Å². The molecule has 0 spiro atoms. The van der Waals surface area contributed by atoms with E-state index >= 15 is 0 Å². The first-order chi connectivity index (χ1) is 12.3. The first-order valence-electron chi connectivity index (χ1n) is 8.10. The zero-order valence-corrected chi connectivity index (χ0v) is 15.6. The highest BCUT2D eigenvalue weighted by molar-refractivity contribution is 7.71. The van der Waals surface area contributed by atoms with Gasteiger partial charge < -0.3 is 10.2 Å². The van der Waals surface area contributed by atoms with E-state index in [1.54, 1.807) is 6.07 Å². The predicted molar refractivity (Wildman–Crippen MR) is 104 cm³/mol. The van der Waals surface area contributed by atoms with Crippen LogP contribution in [-0.2, 0) is 5.41 Å². The lowest BCUT2D eigenvalue weighted by atomic mass is 9.87. The Morgan fingerprint density at radius 1 is 1.12 bits per heavy atom. The summed E-state index contributed by atoms with van der Waals surface area (Å²) in [5.74, 6) is 0.490. The molecule has 134 valence electrons. The second-order valence-electron chi connectivity index (χ2n) is 6.98. The first-order valence-corrected chi connectivity index (χ1v) is 8.51. The van der Waals surface area contributed by atoms with Crippen LogP contribution in [0.15, 0.2) is 47.6 Å². The first kappa shape index (κ1) is 17.9. The van der Waals surface area contributed by atoms with Crippen molar-refractivity contribution >= 4 is 18.4 Å². The van der Waals surface area contributed by atoms with Gasteiger partial charge in [-0.3, -0.25) is 0 Å². The molecule has 3 rings (SSSR count). The fourth-order valence-electron chi connectivity index (χ4n) is 2.47. The van der Waals surface area contributed by atoms with Gasteiger partial charge >= 0.3 is 0 Å². The van der Waals surface area contributed by atoms with Gasteiger partial charge in [0.15, 0.2) is 5.82 Å². The molecule has 0 fully saturated rings. The number of aromatic nitrogens is 3. The van der Waals surface area contributed by atoms with Gasteiger partial charge in [-0.15, -0.1) is 0 Å². The highest BCUT2D eigenvalue weighted by Gasteiger charge is 2.14. The van der Waals surface area contributed by atoms with Crippen LogP contribution in [0.1, 0.15) is 31.9 Å². The second-order valence-corrected chi connectivity index (χ2v) is 7.37. The highest BCUT2D eigenvalue weighted by Crippen LogP contribution is 2.26. The summed E-state index contributed by atoms with van der Waals surface area (Å²) in [6.45, 7) is 6.48. The van der Waals surface area contributed by atoms with Crippen LogP contribution < -0.4 is 0 Å². The molecule has 0 aliphatic heterocycles. The van der Waals surface area contributed by atoms with E-state index in [0.29, 0.717) is 16.2 Å². The maximum Gasteiger partial charge on any atom is 0.216 e. The van der Waals surface area contributed by atoms with Crippen LogP contribution in [0.2, 0.25) is 0 Å². The van der Waals surface area contributed by atoms with Crippen LogP contribution in [0.5, 0.6) is 11.5 Å². The molecular formula is C19H20N4O2S. The van der Waals surface area contributed by atoms with Crippen LogP contribution in [0.4, 0.5) is 0 Å². The van der Waals surface area contributed by atoms with Crippen molar-refractivity contribution in [3.8, 4) is 22.9 Å². The minimum Gasteiger partial charge on any atom is -0.508 e. The summed E-state index contributed by atoms with van der Waals surface area (Å²) in [7, 11) is 0. The topological polar surface area (TPSA) is 86.4 Å². The Kier molecular flexibility index (Phi) is 4.65. The van der Waals surface area contributed by atoms with Crippen molar-refractivity contribution in [2.45, 2.75) is 26.2 Å². The smallest absolute Gasteiger partial charge is 0.216 e. The number of hydrogen-bond acceptors (Lipinski definition) is 5. The SMILES string of the molecule is CC(C)(C)c1ccc(-c2n[nH]c(=S)n2/N=C/c2ccc(O)cc2O)cc1. The third-order valence-corrected chi connectivity index (χ3v) is 4.25. The van der Waals surface area contributed by atoms with Crippen LogP contribution in [0.25, 0.3) is 11.4 Å². The number of nitrogens with one attached hydrogen (secondary N) is 1. The standard InChI is InChI=1S/C19H20N4O2S/c1-19(2,3)14-7-4-12(5-8-14)17-21-22-18(26)23(17)20-11-13-6-9-15(24)10-16(13)25/h4-11,24-25H,1-3H3,(H,22,26)/b20-11+. The van der Waals surface area contributed by atoms with E-state index in [9.17, 15) is 10.2 Å². The Morgan fingerprint density at radius 2 is 1.81 bits per heavy atom. The quantitative estimate of drug-likeness (QED) is 0.478. The number of rotatable bonds is 3. The number of benzene rings is 2. The molecule has 1 aromatic heterocycles. The van der Waals surface area contributed by atoms with Gasteiger partial charge in [-0.25, -0.2) is 5.10 Å². The lowest BCUT2D eigenvalue weighted by Crippen LogP contribution is -2.10. The second kappa shape index (κ2) is 6.76. The van der Waals surface area contributed by atoms with E-state index in [-0.39, 0.29) is 16.9 Å². The highest BCUT2D eigenvalue weighted by atomic mass is 32.1. The van der Waals surface area contributed by atoms with Crippen LogP contribution >= 0.6 is 12.2 Å². The molecule has 0 atom stereocenters. The van der Waals surface area contributed by atoms with Crippen molar-refractivity contribution in [1.82, 2.24) is 14.9 Å². The fraction of sp³-hybridized carbons (Fsp3) is 0.211. The monoisotopic (exact) mass is 368 g/mol. The molecule has 0 bridgehead atoms. The summed E-state index contributed by atoms with van der Waals surface area (Å²) in [5, 5.41) is 30.6. The summed E-state index contributed by atoms with van der Waals surface area (Å²) >= 11 is 5.26. The largest absolute Gasteiger partial charge is 0.508 e. The average molecular weight is 368 g/mol. The number of aromatic hydroxyl groups is 2. The van der Waals surface area contributed by atoms with Gasteiger partial charge in [0.2, 0.25) is 4.77 Å².